The van der Waals surface area contributed by atoms with Crippen LogP contribution < -0.4 is 15.0 Å². The molecule has 1 aliphatic heterocycles. The van der Waals surface area contributed by atoms with Crippen molar-refractivity contribution in [2.75, 3.05) is 5.75 Å². The van der Waals surface area contributed by atoms with Crippen molar-refractivity contribution in [2.45, 2.75) is 62.3 Å². The standard InChI is InChI=1S/C22H28N2O5S/c1-13(6-7-15-8-9-15)11-17-20(26)22(3,29)19-18(5-4-10-24(17)19)30-12-16(21(27)28)23-14(2)25/h4-7,10-11,15-17,20,26,29H,8-9,12H2,1-3H3,(H-,23,25,27,28)/b7-6+,13-11+/t16-,17-,20-,22-/m0/s1. The first kappa shape index (κ1) is 22.5. The van der Waals surface area contributed by atoms with E-state index in [1.54, 1.807) is 25.3 Å². The van der Waals surface area contributed by atoms with Gasteiger partial charge in [-0.1, -0.05) is 12.2 Å². The average molecular weight is 433 g/mol. The largest absolute Gasteiger partial charge is 0.548 e. The molecule has 4 atom stereocenters. The number of aliphatic hydroxyl groups is 2. The van der Waals surface area contributed by atoms with Gasteiger partial charge >= 0.3 is 0 Å². The number of fused-ring (bicyclic) bond motifs is 1. The molecule has 0 spiro atoms. The van der Waals surface area contributed by atoms with E-state index in [0.29, 0.717) is 16.5 Å². The van der Waals surface area contributed by atoms with Gasteiger partial charge in [-0.3, -0.25) is 4.79 Å². The number of nitrogens with zero attached hydrogens (tertiary/aromatic N) is 1. The van der Waals surface area contributed by atoms with Crippen LogP contribution in [0.1, 0.15) is 45.3 Å². The average Bonchev–Trinajstić information content (AvgIpc) is 3.48. The maximum Gasteiger partial charge on any atom is 0.230 e. The number of hydrogen-bond donors (Lipinski definition) is 3. The molecule has 8 heteroatoms. The van der Waals surface area contributed by atoms with E-state index in [-0.39, 0.29) is 5.75 Å². The molecule has 1 amide bonds. The zero-order chi connectivity index (χ0) is 22.1. The number of aliphatic hydroxyl groups excluding tert-OH is 1. The Labute approximate surface area is 180 Å². The van der Waals surface area contributed by atoms with Crippen molar-refractivity contribution < 1.29 is 29.5 Å². The predicted octanol–water partition coefficient (Wildman–Crippen LogP) is 0.356. The monoisotopic (exact) mass is 432 g/mol. The van der Waals surface area contributed by atoms with Crippen molar-refractivity contribution in [2.24, 2.45) is 5.92 Å². The van der Waals surface area contributed by atoms with Crippen LogP contribution in [0.5, 0.6) is 0 Å². The number of allylic oxidation sites excluding steroid dienone is 3. The van der Waals surface area contributed by atoms with Crippen LogP contribution in [0.4, 0.5) is 0 Å². The minimum atomic E-state index is -1.52. The maximum absolute atomic E-state index is 11.3. The molecule has 162 valence electrons. The molecule has 1 fully saturated rings. The van der Waals surface area contributed by atoms with Crippen LogP contribution in [0.3, 0.4) is 0 Å². The van der Waals surface area contributed by atoms with Gasteiger partial charge in [-0.2, -0.15) is 4.57 Å². The lowest BCUT2D eigenvalue weighted by Gasteiger charge is -2.20. The van der Waals surface area contributed by atoms with Gasteiger partial charge < -0.3 is 25.4 Å². The van der Waals surface area contributed by atoms with Crippen molar-refractivity contribution >= 4 is 23.6 Å². The predicted molar refractivity (Wildman–Crippen MR) is 110 cm³/mol. The van der Waals surface area contributed by atoms with Gasteiger partial charge in [-0.15, -0.1) is 11.8 Å². The summed E-state index contributed by atoms with van der Waals surface area (Å²) in [7, 11) is 0. The summed E-state index contributed by atoms with van der Waals surface area (Å²) in [5.41, 5.74) is 0.00132. The third kappa shape index (κ3) is 4.94. The zero-order valence-electron chi connectivity index (χ0n) is 17.4. The number of pyridine rings is 1. The van der Waals surface area contributed by atoms with Crippen LogP contribution in [0, 0.1) is 5.92 Å². The topological polar surface area (TPSA) is 114 Å². The fraction of sp³-hybridized carbons (Fsp3) is 0.500. The Morgan fingerprint density at radius 2 is 2.13 bits per heavy atom. The Morgan fingerprint density at radius 1 is 1.43 bits per heavy atom. The number of aliphatic carboxylic acids is 1. The molecule has 1 aromatic rings. The zero-order valence-corrected chi connectivity index (χ0v) is 18.2. The molecular formula is C22H28N2O5S. The molecule has 0 unspecified atom stereocenters. The fourth-order valence-electron chi connectivity index (χ4n) is 3.66. The molecular weight excluding hydrogens is 404 g/mol. The summed E-state index contributed by atoms with van der Waals surface area (Å²) in [5, 5.41) is 35.6. The van der Waals surface area contributed by atoms with Crippen molar-refractivity contribution in [3.05, 3.63) is 47.8 Å². The molecule has 7 nitrogen and oxygen atoms in total. The summed E-state index contributed by atoms with van der Waals surface area (Å²) < 4.78 is 1.83. The lowest BCUT2D eigenvalue weighted by atomic mass is 9.94. The van der Waals surface area contributed by atoms with Gasteiger partial charge in [0.1, 0.15) is 0 Å². The first-order valence-electron chi connectivity index (χ1n) is 10.0. The number of carboxylic acids is 1. The summed E-state index contributed by atoms with van der Waals surface area (Å²) in [6, 6.07) is 1.95. The van der Waals surface area contributed by atoms with Crippen molar-refractivity contribution in [1.82, 2.24) is 5.32 Å². The molecule has 0 bridgehead atoms. The molecule has 1 aromatic heterocycles. The highest BCUT2D eigenvalue weighted by molar-refractivity contribution is 7.99. The number of carbonyl (C=O) groups excluding carboxylic acids is 2. The number of nitrogens with one attached hydrogen (secondary N) is 1. The highest BCUT2D eigenvalue weighted by Gasteiger charge is 2.55. The van der Waals surface area contributed by atoms with E-state index in [1.165, 1.54) is 31.5 Å². The van der Waals surface area contributed by atoms with Crippen LogP contribution in [0.2, 0.25) is 0 Å². The van der Waals surface area contributed by atoms with Gasteiger partial charge in [-0.25, -0.2) is 0 Å². The van der Waals surface area contributed by atoms with Gasteiger partial charge in [0.25, 0.3) is 0 Å². The molecule has 30 heavy (non-hydrogen) atoms. The van der Waals surface area contributed by atoms with Gasteiger partial charge in [0.2, 0.25) is 17.6 Å². The van der Waals surface area contributed by atoms with E-state index in [9.17, 15) is 24.9 Å². The fourth-order valence-corrected chi connectivity index (χ4v) is 4.85. The molecule has 1 saturated carbocycles. The number of rotatable bonds is 8. The SMILES string of the molecule is CC(=O)N[C@@H](CSc1ccc[n+]2c1[C@](C)(O)[C@@H](O)[C@@H]2/C=C(C)/C=C/C1CC1)C(=O)[O-]. The summed E-state index contributed by atoms with van der Waals surface area (Å²) >= 11 is 1.19. The normalized spacial score (nSPS) is 27.2. The highest BCUT2D eigenvalue weighted by atomic mass is 32.2. The van der Waals surface area contributed by atoms with Crippen LogP contribution >= 0.6 is 11.8 Å². The minimum Gasteiger partial charge on any atom is -0.548 e. The lowest BCUT2D eigenvalue weighted by Crippen LogP contribution is -2.48. The molecule has 2 aliphatic rings. The van der Waals surface area contributed by atoms with Crippen LogP contribution in [-0.2, 0) is 15.2 Å². The van der Waals surface area contributed by atoms with Crippen LogP contribution in [0.25, 0.3) is 0 Å². The molecule has 1 aliphatic carbocycles. The Bertz CT molecular complexity index is 892. The number of thioether (sulfide) groups is 1. The molecule has 3 N–H and O–H groups in total. The van der Waals surface area contributed by atoms with E-state index >= 15 is 0 Å². The van der Waals surface area contributed by atoms with Crippen LogP contribution in [-0.4, -0.2) is 40.0 Å². The first-order chi connectivity index (χ1) is 14.1. The van der Waals surface area contributed by atoms with E-state index in [0.717, 1.165) is 5.57 Å². The van der Waals surface area contributed by atoms with Crippen molar-refractivity contribution in [3.63, 3.8) is 0 Å². The molecule has 0 aromatic carbocycles. The number of carbonyl (C=O) groups is 2. The second-order valence-electron chi connectivity index (χ2n) is 8.20. The molecule has 2 heterocycles. The molecule has 3 rings (SSSR count). The number of aromatic nitrogens is 1. The summed E-state index contributed by atoms with van der Waals surface area (Å²) in [4.78, 5) is 23.2. The Hall–Kier alpha value is -2.16. The Morgan fingerprint density at radius 3 is 2.73 bits per heavy atom. The van der Waals surface area contributed by atoms with Crippen LogP contribution in [0.15, 0.2) is 47.0 Å². The van der Waals surface area contributed by atoms with Gasteiger partial charge in [-0.05, 0) is 50.3 Å². The minimum absolute atomic E-state index is 0.0365. The lowest BCUT2D eigenvalue weighted by molar-refractivity contribution is -0.712. The van der Waals surface area contributed by atoms with E-state index in [4.69, 9.17) is 0 Å². The number of carboxylic acid groups (broad SMARTS) is 1. The highest BCUT2D eigenvalue weighted by Crippen LogP contribution is 2.40. The summed E-state index contributed by atoms with van der Waals surface area (Å²) in [6.45, 7) is 4.77. The smallest absolute Gasteiger partial charge is 0.230 e. The van der Waals surface area contributed by atoms with Gasteiger partial charge in [0, 0.05) is 18.7 Å². The summed E-state index contributed by atoms with van der Waals surface area (Å²) in [5.74, 6) is -1.15. The van der Waals surface area contributed by atoms with Crippen molar-refractivity contribution in [3.8, 4) is 0 Å². The van der Waals surface area contributed by atoms with E-state index in [1.807, 2.05) is 23.6 Å². The first-order valence-corrected chi connectivity index (χ1v) is 11.0. The van der Waals surface area contributed by atoms with Crippen molar-refractivity contribution in [1.29, 1.82) is 0 Å². The van der Waals surface area contributed by atoms with Gasteiger partial charge in [0.05, 0.1) is 16.9 Å². The van der Waals surface area contributed by atoms with E-state index in [2.05, 4.69) is 11.4 Å². The maximum atomic E-state index is 11.3. The summed E-state index contributed by atoms with van der Waals surface area (Å²) in [6.07, 6.45) is 9.33. The van der Waals surface area contributed by atoms with Gasteiger partial charge in [0.15, 0.2) is 17.9 Å². The quantitative estimate of drug-likeness (QED) is 0.311. The Balaban J connectivity index is 1.87. The molecule has 0 radical (unpaired) electrons. The Kier molecular flexibility index (Phi) is 6.69. The van der Waals surface area contributed by atoms with E-state index < -0.39 is 35.7 Å². The third-order valence-electron chi connectivity index (χ3n) is 5.44. The number of hydrogen-bond acceptors (Lipinski definition) is 6. The molecule has 0 saturated heterocycles. The number of amides is 1. The second kappa shape index (κ2) is 8.91. The second-order valence-corrected chi connectivity index (χ2v) is 9.26. The third-order valence-corrected chi connectivity index (χ3v) is 6.58.